The van der Waals surface area contributed by atoms with E-state index in [1.807, 2.05) is 4.98 Å². The van der Waals surface area contributed by atoms with Crippen molar-refractivity contribution in [3.05, 3.63) is 38.7 Å². The van der Waals surface area contributed by atoms with Crippen molar-refractivity contribution in [1.82, 2.24) is 14.9 Å². The van der Waals surface area contributed by atoms with E-state index in [9.17, 15) is 63.4 Å². The van der Waals surface area contributed by atoms with Gasteiger partial charge in [0.15, 0.2) is 0 Å². The van der Waals surface area contributed by atoms with Crippen LogP contribution in [0.2, 0.25) is 0 Å². The fourth-order valence-electron chi connectivity index (χ4n) is 5.02. The van der Waals surface area contributed by atoms with Crippen molar-refractivity contribution < 1.29 is 86.2 Å². The predicted molar refractivity (Wildman–Crippen MR) is 165 cm³/mol. The first-order valence-corrected chi connectivity index (χ1v) is 19.5. The van der Waals surface area contributed by atoms with Crippen molar-refractivity contribution in [2.45, 2.75) is 87.5 Å². The Hall–Kier alpha value is -1.98. The Labute approximate surface area is 282 Å². The number of H-pyrrole nitrogens is 1. The number of phosphoric acid groups is 3. The number of amides is 1. The van der Waals surface area contributed by atoms with Crippen molar-refractivity contribution >= 4 is 35.5 Å². The van der Waals surface area contributed by atoms with Crippen molar-refractivity contribution in [1.29, 1.82) is 0 Å². The first-order valence-electron chi connectivity index (χ1n) is 15.0. The van der Waals surface area contributed by atoms with E-state index in [0.29, 0.717) is 32.1 Å². The second kappa shape index (κ2) is 18.2. The minimum Gasteiger partial charge on any atom is -0.394 e. The summed E-state index contributed by atoms with van der Waals surface area (Å²) in [6.45, 7) is -1.22. The van der Waals surface area contributed by atoms with Gasteiger partial charge in [0.1, 0.15) is 36.7 Å². The van der Waals surface area contributed by atoms with Gasteiger partial charge >= 0.3 is 29.2 Å². The molecule has 286 valence electrons. The third-order valence-electron chi connectivity index (χ3n) is 7.45. The van der Waals surface area contributed by atoms with E-state index in [0.717, 1.165) is 22.9 Å². The van der Waals surface area contributed by atoms with Gasteiger partial charge in [0.25, 0.3) is 5.56 Å². The molecule has 0 radical (unpaired) electrons. The van der Waals surface area contributed by atoms with Crippen LogP contribution in [0.25, 0.3) is 6.08 Å². The molecule has 2 unspecified atom stereocenters. The standard InChI is InChI=1S/C24H40N3O20P3/c28-11-16-21(32)22(33)20(31)15(44-16)5-3-1-2-4-8-25-18(30)7-6-13-10-27(24(35)26-23(13)34)19-9-14(29)17(45-19)12-43-49(39,40)47-50(41,42)46-48(36,37)38/h6-7,10,14-17,19-22,28-29,31-33H,1-5,8-9,11-12H2,(H,25,30)(H,39,40)(H,41,42)(H,26,34,35)(H2,36,37,38)/b7-6+/t14-,15-,16+,17+,19+,20-,21-,22+/m0/s1. The number of aromatic amines is 1. The van der Waals surface area contributed by atoms with Gasteiger partial charge in [0.05, 0.1) is 31.0 Å². The van der Waals surface area contributed by atoms with Crippen molar-refractivity contribution in [3.63, 3.8) is 0 Å². The molecular formula is C24H40N3O20P3. The van der Waals surface area contributed by atoms with E-state index < -0.39 is 103 Å². The van der Waals surface area contributed by atoms with E-state index >= 15 is 0 Å². The number of unbranched alkanes of at least 4 members (excludes halogenated alkanes) is 3. The number of aliphatic hydroxyl groups excluding tert-OH is 5. The second-order valence-corrected chi connectivity index (χ2v) is 15.7. The topological polar surface area (TPSA) is 363 Å². The van der Waals surface area contributed by atoms with Crippen LogP contribution in [-0.4, -0.2) is 123 Å². The number of rotatable bonds is 18. The highest BCUT2D eigenvalue weighted by Crippen LogP contribution is 2.66. The third kappa shape index (κ3) is 12.9. The molecule has 0 spiro atoms. The van der Waals surface area contributed by atoms with Gasteiger partial charge in [-0.15, -0.1) is 0 Å². The number of ether oxygens (including phenoxy) is 2. The van der Waals surface area contributed by atoms with Crippen LogP contribution >= 0.6 is 23.5 Å². The summed E-state index contributed by atoms with van der Waals surface area (Å²) in [4.78, 5) is 75.1. The molecule has 1 amide bonds. The average molecular weight is 784 g/mol. The molecule has 2 aliphatic rings. The lowest BCUT2D eigenvalue weighted by molar-refractivity contribution is -0.230. The van der Waals surface area contributed by atoms with Crippen LogP contribution in [0.4, 0.5) is 0 Å². The zero-order valence-electron chi connectivity index (χ0n) is 26.0. The molecule has 3 heterocycles. The van der Waals surface area contributed by atoms with Crippen LogP contribution in [0, 0.1) is 0 Å². The van der Waals surface area contributed by atoms with Gasteiger partial charge in [-0.1, -0.05) is 19.3 Å². The summed E-state index contributed by atoms with van der Waals surface area (Å²) in [5.74, 6) is -0.567. The summed E-state index contributed by atoms with van der Waals surface area (Å²) in [5.41, 5.74) is -2.01. The number of nitrogens with zero attached hydrogens (tertiary/aromatic N) is 1. The largest absolute Gasteiger partial charge is 0.490 e. The van der Waals surface area contributed by atoms with Gasteiger partial charge in [0, 0.05) is 25.2 Å². The Morgan fingerprint density at radius 2 is 1.58 bits per heavy atom. The second-order valence-electron chi connectivity index (χ2n) is 11.3. The van der Waals surface area contributed by atoms with Crippen molar-refractivity contribution in [3.8, 4) is 0 Å². The zero-order valence-corrected chi connectivity index (χ0v) is 28.7. The van der Waals surface area contributed by atoms with Gasteiger partial charge in [-0.05, 0) is 18.9 Å². The number of aromatic nitrogens is 2. The molecule has 1 aromatic heterocycles. The number of carbonyl (C=O) groups excluding carboxylic acids is 1. The summed E-state index contributed by atoms with van der Waals surface area (Å²) < 4.78 is 57.6. The molecule has 0 saturated carbocycles. The maximum absolute atomic E-state index is 12.4. The highest BCUT2D eigenvalue weighted by molar-refractivity contribution is 7.66. The molecule has 1 aromatic rings. The summed E-state index contributed by atoms with van der Waals surface area (Å²) in [5, 5.41) is 52.0. The van der Waals surface area contributed by atoms with Crippen LogP contribution in [0.3, 0.4) is 0 Å². The zero-order chi connectivity index (χ0) is 37.4. The number of carbonyl (C=O) groups is 1. The quantitative estimate of drug-likeness (QED) is 0.0415. The number of phosphoric ester groups is 1. The number of aliphatic hydroxyl groups is 5. The Bertz CT molecular complexity index is 1590. The Kier molecular flexibility index (Phi) is 15.4. The molecule has 2 aliphatic heterocycles. The van der Waals surface area contributed by atoms with Gasteiger partial charge < -0.3 is 59.9 Å². The molecule has 3 rings (SSSR count). The molecule has 23 nitrogen and oxygen atoms in total. The van der Waals surface area contributed by atoms with Gasteiger partial charge in [-0.2, -0.15) is 8.62 Å². The predicted octanol–water partition coefficient (Wildman–Crippen LogP) is -2.55. The molecule has 50 heavy (non-hydrogen) atoms. The maximum Gasteiger partial charge on any atom is 0.490 e. The summed E-state index contributed by atoms with van der Waals surface area (Å²) >= 11 is 0. The summed E-state index contributed by atoms with van der Waals surface area (Å²) in [6.07, 6.45) is -4.26. The Morgan fingerprint density at radius 1 is 0.920 bits per heavy atom. The minimum atomic E-state index is -5.78. The van der Waals surface area contributed by atoms with Gasteiger partial charge in [0.2, 0.25) is 5.91 Å². The van der Waals surface area contributed by atoms with Gasteiger partial charge in [-0.25, -0.2) is 18.5 Å². The first-order chi connectivity index (χ1) is 23.2. The first kappa shape index (κ1) is 42.4. The average Bonchev–Trinajstić information content (AvgIpc) is 3.37. The molecule has 2 fully saturated rings. The molecule has 26 heteroatoms. The summed E-state index contributed by atoms with van der Waals surface area (Å²) in [7, 11) is -16.9. The van der Waals surface area contributed by atoms with E-state index in [2.05, 4.69) is 18.5 Å². The van der Waals surface area contributed by atoms with Crippen LogP contribution < -0.4 is 16.6 Å². The molecule has 11 N–H and O–H groups in total. The van der Waals surface area contributed by atoms with E-state index in [4.69, 9.17) is 19.3 Å². The van der Waals surface area contributed by atoms with Crippen molar-refractivity contribution in [2.75, 3.05) is 19.8 Å². The maximum atomic E-state index is 12.4. The fourth-order valence-corrected chi connectivity index (χ4v) is 8.05. The van der Waals surface area contributed by atoms with E-state index in [1.54, 1.807) is 0 Å². The normalized spacial score (nSPS) is 29.9. The lowest BCUT2D eigenvalue weighted by Crippen LogP contribution is -2.58. The molecule has 2 saturated heterocycles. The number of hydrogen-bond donors (Lipinski definition) is 11. The van der Waals surface area contributed by atoms with E-state index in [1.165, 1.54) is 0 Å². The van der Waals surface area contributed by atoms with Crippen LogP contribution in [0.5, 0.6) is 0 Å². The summed E-state index contributed by atoms with van der Waals surface area (Å²) in [6, 6.07) is 0. The SMILES string of the molecule is O=C(/C=C/c1cn([C@H]2C[C@H](O)[C@@H](COP(=O)(O)OP(=O)(O)OP(=O)(O)O)O2)c(=O)[nH]c1=O)NCCCCCC[C@@H]1O[C@H](CO)[C@H](O)[C@H](O)[C@H]1O. The minimum absolute atomic E-state index is 0.164. The Morgan fingerprint density at radius 3 is 2.24 bits per heavy atom. The lowest BCUT2D eigenvalue weighted by atomic mass is 9.92. The number of nitrogens with one attached hydrogen (secondary N) is 2. The molecule has 0 aliphatic carbocycles. The number of hydrogen-bond acceptors (Lipinski definition) is 16. The third-order valence-corrected chi connectivity index (χ3v) is 11.3. The highest BCUT2D eigenvalue weighted by Gasteiger charge is 2.44. The van der Waals surface area contributed by atoms with Gasteiger partial charge in [-0.3, -0.25) is 23.7 Å². The lowest BCUT2D eigenvalue weighted by Gasteiger charge is -2.40. The fraction of sp³-hybridized carbons (Fsp3) is 0.708. The van der Waals surface area contributed by atoms with Crippen LogP contribution in [0.15, 0.2) is 21.9 Å². The smallest absolute Gasteiger partial charge is 0.394 e. The molecule has 0 bridgehead atoms. The Balaban J connectivity index is 1.45. The van der Waals surface area contributed by atoms with Crippen molar-refractivity contribution in [2.24, 2.45) is 0 Å². The monoisotopic (exact) mass is 783 g/mol. The molecule has 0 aromatic carbocycles. The van der Waals surface area contributed by atoms with Crippen LogP contribution in [-0.2, 0) is 41.1 Å². The van der Waals surface area contributed by atoms with E-state index in [-0.39, 0.29) is 18.5 Å². The molecule has 10 atom stereocenters. The highest BCUT2D eigenvalue weighted by atomic mass is 31.3. The van der Waals surface area contributed by atoms with Crippen LogP contribution in [0.1, 0.15) is 50.3 Å². The molecular weight excluding hydrogens is 743 g/mol.